The Bertz CT molecular complexity index is 1110. The van der Waals surface area contributed by atoms with Crippen LogP contribution in [0.5, 0.6) is 11.5 Å². The Kier molecular flexibility index (Phi) is 6.98. The number of likely N-dealkylation sites (N-methyl/N-ethyl adjacent to an activating group) is 1. The van der Waals surface area contributed by atoms with Crippen molar-refractivity contribution in [3.63, 3.8) is 0 Å². The molecule has 32 heavy (non-hydrogen) atoms. The molecule has 1 amide bonds. The Morgan fingerprint density at radius 1 is 1.12 bits per heavy atom. The van der Waals surface area contributed by atoms with E-state index in [-0.39, 0.29) is 5.91 Å². The number of thioether (sulfide) groups is 1. The number of halogens is 1. The van der Waals surface area contributed by atoms with E-state index in [0.29, 0.717) is 26.4 Å². The predicted octanol–water partition coefficient (Wildman–Crippen LogP) is 3.89. The van der Waals surface area contributed by atoms with E-state index < -0.39 is 5.97 Å². The van der Waals surface area contributed by atoms with Gasteiger partial charge < -0.3 is 19.3 Å². The molecule has 0 spiro atoms. The molecule has 1 fully saturated rings. The van der Waals surface area contributed by atoms with E-state index in [4.69, 9.17) is 9.47 Å². The van der Waals surface area contributed by atoms with Gasteiger partial charge in [0.15, 0.2) is 16.7 Å². The van der Waals surface area contributed by atoms with Gasteiger partial charge in [0, 0.05) is 30.7 Å². The van der Waals surface area contributed by atoms with Gasteiger partial charge in [-0.15, -0.1) is 0 Å². The predicted molar refractivity (Wildman–Crippen MR) is 129 cm³/mol. The van der Waals surface area contributed by atoms with Crippen LogP contribution in [-0.2, 0) is 4.79 Å². The molecule has 166 valence electrons. The zero-order valence-electron chi connectivity index (χ0n) is 17.7. The molecule has 0 aromatic heterocycles. The monoisotopic (exact) mass is 515 g/mol. The normalized spacial score (nSPS) is 18.1. The molecule has 0 N–H and O–H groups in total. The molecule has 0 aliphatic carbocycles. The molecule has 2 aromatic rings. The fourth-order valence-corrected chi connectivity index (χ4v) is 4.73. The Hall–Kier alpha value is -2.62. The molecule has 0 atom stereocenters. The van der Waals surface area contributed by atoms with Gasteiger partial charge in [-0.25, -0.2) is 4.79 Å². The van der Waals surface area contributed by atoms with E-state index in [1.165, 1.54) is 18.9 Å². The highest BCUT2D eigenvalue weighted by Gasteiger charge is 2.28. The van der Waals surface area contributed by atoms with E-state index in [1.807, 2.05) is 6.07 Å². The molecule has 1 saturated heterocycles. The van der Waals surface area contributed by atoms with Crippen molar-refractivity contribution >= 4 is 50.8 Å². The highest BCUT2D eigenvalue weighted by molar-refractivity contribution is 9.10. The first-order valence-electron chi connectivity index (χ1n) is 10.1. The molecule has 9 heteroatoms. The molecule has 0 bridgehead atoms. The maximum absolute atomic E-state index is 12.5. The quantitative estimate of drug-likeness (QED) is 0.347. The number of hydrogen-bond donors (Lipinski definition) is 0. The third kappa shape index (κ3) is 5.06. The van der Waals surface area contributed by atoms with Crippen LogP contribution in [0.15, 0.2) is 56.8 Å². The smallest absolute Gasteiger partial charge is 0.344 e. The number of methoxy groups -OCH3 is 1. The average molecular weight is 516 g/mol. The van der Waals surface area contributed by atoms with Crippen molar-refractivity contribution in [1.29, 1.82) is 0 Å². The van der Waals surface area contributed by atoms with Crippen LogP contribution < -0.4 is 9.47 Å². The van der Waals surface area contributed by atoms with Gasteiger partial charge in [0.2, 0.25) is 0 Å². The third-order valence-electron chi connectivity index (χ3n) is 5.16. The van der Waals surface area contributed by atoms with E-state index >= 15 is 0 Å². The maximum atomic E-state index is 12.5. The van der Waals surface area contributed by atoms with Gasteiger partial charge in [0.1, 0.15) is 0 Å². The Labute approximate surface area is 199 Å². The largest absolute Gasteiger partial charge is 0.493 e. The minimum absolute atomic E-state index is 0.243. The zero-order valence-corrected chi connectivity index (χ0v) is 20.1. The summed E-state index contributed by atoms with van der Waals surface area (Å²) in [5, 5.41) is 0.750. The molecule has 2 aliphatic rings. The van der Waals surface area contributed by atoms with Crippen molar-refractivity contribution in [2.24, 2.45) is 4.99 Å². The van der Waals surface area contributed by atoms with E-state index in [9.17, 15) is 9.59 Å². The van der Waals surface area contributed by atoms with Gasteiger partial charge >= 0.3 is 5.97 Å². The third-order valence-corrected chi connectivity index (χ3v) is 6.90. The van der Waals surface area contributed by atoms with Crippen LogP contribution in [0.3, 0.4) is 0 Å². The number of piperazine rings is 1. The molecule has 2 heterocycles. The number of rotatable bonds is 4. The lowest BCUT2D eigenvalue weighted by Gasteiger charge is -2.32. The fourth-order valence-electron chi connectivity index (χ4n) is 3.32. The van der Waals surface area contributed by atoms with Crippen LogP contribution in [0, 0.1) is 0 Å². The number of hydrogen-bond acceptors (Lipinski definition) is 7. The summed E-state index contributed by atoms with van der Waals surface area (Å²) in [6.45, 7) is 3.61. The standard InChI is InChI=1S/C23H22BrN3O4S/c1-26-9-11-27(12-10-26)23-25-21(28)20(32-23)14-15-7-8-18(19(13-15)30-2)31-22(29)16-5-3-4-6-17(16)24/h3-8,13-14H,9-12H2,1-2H3/b20-14-. The summed E-state index contributed by atoms with van der Waals surface area (Å²) >= 11 is 4.74. The van der Waals surface area contributed by atoms with Crippen molar-refractivity contribution in [2.75, 3.05) is 40.3 Å². The highest BCUT2D eigenvalue weighted by atomic mass is 79.9. The second-order valence-corrected chi connectivity index (χ2v) is 9.24. The van der Waals surface area contributed by atoms with E-state index in [1.54, 1.807) is 42.5 Å². The Morgan fingerprint density at radius 2 is 1.88 bits per heavy atom. The van der Waals surface area contributed by atoms with Crippen molar-refractivity contribution < 1.29 is 19.1 Å². The number of carbonyl (C=O) groups is 2. The first-order valence-corrected chi connectivity index (χ1v) is 11.7. The van der Waals surface area contributed by atoms with Crippen molar-refractivity contribution in [3.8, 4) is 11.5 Å². The summed E-state index contributed by atoms with van der Waals surface area (Å²) < 4.78 is 11.6. The lowest BCUT2D eigenvalue weighted by Crippen LogP contribution is -2.46. The number of amides is 1. The van der Waals surface area contributed by atoms with Gasteiger partial charge in [0.05, 0.1) is 17.6 Å². The molecule has 2 aliphatic heterocycles. The number of carbonyl (C=O) groups excluding carboxylic acids is 2. The average Bonchev–Trinajstić information content (AvgIpc) is 3.15. The number of amidine groups is 1. The highest BCUT2D eigenvalue weighted by Crippen LogP contribution is 2.34. The Morgan fingerprint density at radius 3 is 2.59 bits per heavy atom. The summed E-state index contributed by atoms with van der Waals surface area (Å²) in [6, 6.07) is 12.2. The minimum Gasteiger partial charge on any atom is -0.493 e. The molecule has 0 radical (unpaired) electrons. The van der Waals surface area contributed by atoms with Gasteiger partial charge in [-0.3, -0.25) is 4.79 Å². The first-order chi connectivity index (χ1) is 15.4. The van der Waals surface area contributed by atoms with Crippen LogP contribution in [0.4, 0.5) is 0 Å². The van der Waals surface area contributed by atoms with Gasteiger partial charge in [-0.2, -0.15) is 4.99 Å². The second kappa shape index (κ2) is 9.89. The summed E-state index contributed by atoms with van der Waals surface area (Å²) in [5.74, 6) is -0.0356. The van der Waals surface area contributed by atoms with Crippen LogP contribution in [0.2, 0.25) is 0 Å². The summed E-state index contributed by atoms with van der Waals surface area (Å²) in [4.78, 5) is 34.1. The second-order valence-electron chi connectivity index (χ2n) is 7.38. The molecule has 2 aromatic carbocycles. The summed E-state index contributed by atoms with van der Waals surface area (Å²) in [5.41, 5.74) is 1.18. The maximum Gasteiger partial charge on any atom is 0.344 e. The number of benzene rings is 2. The Balaban J connectivity index is 1.48. The van der Waals surface area contributed by atoms with Crippen LogP contribution in [0.25, 0.3) is 6.08 Å². The van der Waals surface area contributed by atoms with Crippen LogP contribution in [-0.4, -0.2) is 67.2 Å². The lowest BCUT2D eigenvalue weighted by molar-refractivity contribution is -0.113. The van der Waals surface area contributed by atoms with Crippen molar-refractivity contribution in [1.82, 2.24) is 9.80 Å². The SMILES string of the molecule is COc1cc(/C=C2\SC(N3CCN(C)CC3)=NC2=O)ccc1OC(=O)c1ccccc1Br. The number of nitrogens with zero attached hydrogens (tertiary/aromatic N) is 3. The topological polar surface area (TPSA) is 71.4 Å². The molecule has 4 rings (SSSR count). The minimum atomic E-state index is -0.492. The zero-order chi connectivity index (χ0) is 22.7. The molecule has 0 saturated carbocycles. The van der Waals surface area contributed by atoms with Crippen LogP contribution in [0.1, 0.15) is 15.9 Å². The number of ether oxygens (including phenoxy) is 2. The van der Waals surface area contributed by atoms with Crippen molar-refractivity contribution in [2.45, 2.75) is 0 Å². The lowest BCUT2D eigenvalue weighted by atomic mass is 10.2. The van der Waals surface area contributed by atoms with E-state index in [0.717, 1.165) is 36.9 Å². The van der Waals surface area contributed by atoms with Gasteiger partial charge in [-0.1, -0.05) is 18.2 Å². The van der Waals surface area contributed by atoms with E-state index in [2.05, 4.69) is 37.8 Å². The molecular weight excluding hydrogens is 494 g/mol. The molecule has 0 unspecified atom stereocenters. The molecule has 7 nitrogen and oxygen atoms in total. The first kappa shape index (κ1) is 22.6. The number of aliphatic imine (C=N–C) groups is 1. The van der Waals surface area contributed by atoms with Crippen LogP contribution >= 0.6 is 27.7 Å². The summed E-state index contributed by atoms with van der Waals surface area (Å²) in [7, 11) is 3.59. The number of esters is 1. The van der Waals surface area contributed by atoms with Crippen molar-refractivity contribution in [3.05, 3.63) is 63.0 Å². The molecular formula is C23H22BrN3O4S. The fraction of sp³-hybridized carbons (Fsp3) is 0.261. The van der Waals surface area contributed by atoms with Gasteiger partial charge in [0.25, 0.3) is 5.91 Å². The van der Waals surface area contributed by atoms with Gasteiger partial charge in [-0.05, 0) is 70.6 Å². The summed E-state index contributed by atoms with van der Waals surface area (Å²) in [6.07, 6.45) is 1.78.